The van der Waals surface area contributed by atoms with E-state index in [-0.39, 0.29) is 17.1 Å². The highest BCUT2D eigenvalue weighted by Crippen LogP contribution is 2.46. The molecule has 1 aliphatic carbocycles. The largest absolute Gasteiger partial charge is 0.462 e. The summed E-state index contributed by atoms with van der Waals surface area (Å²) in [7, 11) is 0. The minimum absolute atomic E-state index is 0.113. The van der Waals surface area contributed by atoms with E-state index < -0.39 is 37.3 Å². The molecule has 4 N–H and O–H groups in total. The highest BCUT2D eigenvalue weighted by Gasteiger charge is 2.45. The van der Waals surface area contributed by atoms with Crippen LogP contribution in [0.1, 0.15) is 50.2 Å². The molecule has 1 saturated heterocycles. The molecule has 2 aliphatic heterocycles. The van der Waals surface area contributed by atoms with E-state index in [4.69, 9.17) is 26.1 Å². The lowest BCUT2D eigenvalue weighted by Gasteiger charge is -2.39. The van der Waals surface area contributed by atoms with Crippen LogP contribution in [0.15, 0.2) is 64.8 Å². The standard InChI is InChI=1S/C29H32ClNO7/c1-29(2)12-21-24(22(33)13-29)19(11-20(31-21)16-3-7-17(30)8-4-16)15-5-9-18(10-6-15)37-28-27(36)26(35)25(34)23(14-32)38-28/h3-10,19,23,25-28,32,34-36H,11-14H2,1-2H3/t19?,23-,25-,26-,27-,28-/m1/s1. The summed E-state index contributed by atoms with van der Waals surface area (Å²) in [4.78, 5) is 18.3. The van der Waals surface area contributed by atoms with Gasteiger partial charge in [-0.3, -0.25) is 9.79 Å². The summed E-state index contributed by atoms with van der Waals surface area (Å²) in [6.07, 6.45) is -5.08. The van der Waals surface area contributed by atoms with E-state index in [1.807, 2.05) is 36.4 Å². The third-order valence-corrected chi connectivity index (χ3v) is 7.72. The van der Waals surface area contributed by atoms with Crippen molar-refractivity contribution in [3.05, 3.63) is 76.0 Å². The second kappa shape index (κ2) is 10.5. The van der Waals surface area contributed by atoms with E-state index in [9.17, 15) is 25.2 Å². The third-order valence-electron chi connectivity index (χ3n) is 7.47. The molecule has 5 rings (SSSR count). The third kappa shape index (κ3) is 5.30. The van der Waals surface area contributed by atoms with Crippen LogP contribution in [0.3, 0.4) is 0 Å². The van der Waals surface area contributed by atoms with Gasteiger partial charge in [0.2, 0.25) is 6.29 Å². The van der Waals surface area contributed by atoms with Gasteiger partial charge in [0.1, 0.15) is 30.2 Å². The number of hydrogen-bond donors (Lipinski definition) is 4. The zero-order chi connectivity index (χ0) is 27.2. The highest BCUT2D eigenvalue weighted by molar-refractivity contribution is 6.30. The molecule has 9 heteroatoms. The van der Waals surface area contributed by atoms with E-state index in [0.29, 0.717) is 30.0 Å². The minimum atomic E-state index is -1.52. The lowest BCUT2D eigenvalue weighted by molar-refractivity contribution is -0.277. The maximum Gasteiger partial charge on any atom is 0.229 e. The molecule has 0 spiro atoms. The Labute approximate surface area is 226 Å². The molecule has 0 aromatic heterocycles. The number of benzene rings is 2. The number of carbonyl (C=O) groups excluding carboxylic acids is 1. The Hall–Kier alpha value is -2.59. The molecule has 6 atom stereocenters. The molecule has 38 heavy (non-hydrogen) atoms. The van der Waals surface area contributed by atoms with Gasteiger partial charge in [-0.05, 0) is 47.2 Å². The van der Waals surface area contributed by atoms with E-state index in [2.05, 4.69) is 13.8 Å². The maximum atomic E-state index is 13.3. The molecule has 0 radical (unpaired) electrons. The molecule has 0 saturated carbocycles. The van der Waals surface area contributed by atoms with Gasteiger partial charge in [0.05, 0.1) is 6.61 Å². The van der Waals surface area contributed by atoms with Gasteiger partial charge in [-0.25, -0.2) is 0 Å². The predicted molar refractivity (Wildman–Crippen MR) is 141 cm³/mol. The molecule has 2 aromatic carbocycles. The van der Waals surface area contributed by atoms with Gasteiger partial charge >= 0.3 is 0 Å². The van der Waals surface area contributed by atoms with Crippen LogP contribution in [-0.2, 0) is 9.53 Å². The first-order valence-electron chi connectivity index (χ1n) is 12.7. The molecule has 0 bridgehead atoms. The SMILES string of the molecule is CC1(C)CC(=O)C2=C(C1)N=C(c1ccc(Cl)cc1)CC2c1ccc(O[C@@H]2O[C@H](CO)[C@@H](O)[C@@H](O)[C@H]2O)cc1. The summed E-state index contributed by atoms with van der Waals surface area (Å²) >= 11 is 6.10. The predicted octanol–water partition coefficient (Wildman–Crippen LogP) is 3.14. The average molecular weight is 542 g/mol. The van der Waals surface area contributed by atoms with Crippen LogP contribution >= 0.6 is 11.6 Å². The molecule has 2 aromatic rings. The average Bonchev–Trinajstić information content (AvgIpc) is 2.88. The van der Waals surface area contributed by atoms with E-state index in [0.717, 1.165) is 28.1 Å². The van der Waals surface area contributed by atoms with Crippen LogP contribution in [0.5, 0.6) is 5.75 Å². The monoisotopic (exact) mass is 541 g/mol. The minimum Gasteiger partial charge on any atom is -0.462 e. The van der Waals surface area contributed by atoms with Gasteiger partial charge in [-0.15, -0.1) is 0 Å². The van der Waals surface area contributed by atoms with Crippen molar-refractivity contribution < 1.29 is 34.7 Å². The molecular formula is C29H32ClNO7. The van der Waals surface area contributed by atoms with Gasteiger partial charge in [-0.2, -0.15) is 0 Å². The normalized spacial score (nSPS) is 31.0. The molecule has 202 valence electrons. The van der Waals surface area contributed by atoms with Crippen molar-refractivity contribution >= 4 is 23.1 Å². The summed E-state index contributed by atoms with van der Waals surface area (Å²) in [5.41, 5.74) is 4.20. The number of rotatable bonds is 5. The molecule has 1 fully saturated rings. The van der Waals surface area contributed by atoms with Crippen molar-refractivity contribution in [3.8, 4) is 5.75 Å². The number of carbonyl (C=O) groups is 1. The number of aliphatic hydroxyl groups is 4. The summed E-state index contributed by atoms with van der Waals surface area (Å²) in [5, 5.41) is 40.4. The first-order valence-corrected chi connectivity index (χ1v) is 13.1. The molecular weight excluding hydrogens is 510 g/mol. The van der Waals surface area contributed by atoms with Crippen molar-refractivity contribution in [1.29, 1.82) is 0 Å². The fourth-order valence-electron chi connectivity index (χ4n) is 5.49. The number of aliphatic imine (C=N–C) groups is 1. The molecule has 2 heterocycles. The fourth-order valence-corrected chi connectivity index (χ4v) is 5.61. The molecule has 3 aliphatic rings. The smallest absolute Gasteiger partial charge is 0.229 e. The Morgan fingerprint density at radius 2 is 1.68 bits per heavy atom. The van der Waals surface area contributed by atoms with Crippen LogP contribution < -0.4 is 4.74 Å². The zero-order valence-electron chi connectivity index (χ0n) is 21.3. The molecule has 8 nitrogen and oxygen atoms in total. The first-order chi connectivity index (χ1) is 18.1. The van der Waals surface area contributed by atoms with Crippen molar-refractivity contribution in [2.75, 3.05) is 6.61 Å². The summed E-state index contributed by atoms with van der Waals surface area (Å²) in [6, 6.07) is 14.7. The van der Waals surface area contributed by atoms with E-state index in [1.165, 1.54) is 0 Å². The number of Topliss-reactive ketones (excluding diaryl/α,β-unsaturated/α-hetero) is 1. The Morgan fingerprint density at radius 3 is 2.34 bits per heavy atom. The second-order valence-electron chi connectivity index (χ2n) is 11.0. The zero-order valence-corrected chi connectivity index (χ0v) is 22.0. The lowest BCUT2D eigenvalue weighted by atomic mass is 9.69. The number of hydrogen-bond acceptors (Lipinski definition) is 8. The van der Waals surface area contributed by atoms with Gasteiger partial charge in [0.15, 0.2) is 5.78 Å². The van der Waals surface area contributed by atoms with Crippen molar-refractivity contribution in [2.45, 2.75) is 69.7 Å². The lowest BCUT2D eigenvalue weighted by Crippen LogP contribution is -2.60. The Kier molecular flexibility index (Phi) is 7.48. The van der Waals surface area contributed by atoms with Crippen LogP contribution in [0.4, 0.5) is 0 Å². The molecule has 0 amide bonds. The van der Waals surface area contributed by atoms with E-state index in [1.54, 1.807) is 12.1 Å². The summed E-state index contributed by atoms with van der Waals surface area (Å²) in [5.74, 6) is 0.297. The van der Waals surface area contributed by atoms with Crippen molar-refractivity contribution in [3.63, 3.8) is 0 Å². The Morgan fingerprint density at radius 1 is 1.00 bits per heavy atom. The van der Waals surface area contributed by atoms with E-state index >= 15 is 0 Å². The van der Waals surface area contributed by atoms with Gasteiger partial charge in [-0.1, -0.05) is 49.7 Å². The van der Waals surface area contributed by atoms with Crippen LogP contribution in [-0.4, -0.2) is 69.2 Å². The van der Waals surface area contributed by atoms with Gasteiger partial charge < -0.3 is 29.9 Å². The number of ether oxygens (including phenoxy) is 2. The first kappa shape index (κ1) is 27.0. The number of halogens is 1. The quantitative estimate of drug-likeness (QED) is 0.457. The summed E-state index contributed by atoms with van der Waals surface area (Å²) in [6.45, 7) is 3.63. The number of aliphatic hydroxyl groups excluding tert-OH is 4. The number of nitrogens with zero attached hydrogens (tertiary/aromatic N) is 1. The Bertz CT molecular complexity index is 1250. The fraction of sp³-hybridized carbons (Fsp3) is 0.448. The van der Waals surface area contributed by atoms with Crippen LogP contribution in [0.2, 0.25) is 5.02 Å². The van der Waals surface area contributed by atoms with Crippen molar-refractivity contribution in [1.82, 2.24) is 0 Å². The van der Waals surface area contributed by atoms with Crippen LogP contribution in [0, 0.1) is 5.41 Å². The van der Waals surface area contributed by atoms with Crippen LogP contribution in [0.25, 0.3) is 0 Å². The number of ketones is 1. The highest BCUT2D eigenvalue weighted by atomic mass is 35.5. The second-order valence-corrected chi connectivity index (χ2v) is 11.4. The topological polar surface area (TPSA) is 129 Å². The molecule has 1 unspecified atom stereocenters. The van der Waals surface area contributed by atoms with Crippen molar-refractivity contribution in [2.24, 2.45) is 10.4 Å². The maximum absolute atomic E-state index is 13.3. The summed E-state index contributed by atoms with van der Waals surface area (Å²) < 4.78 is 11.2. The Balaban J connectivity index is 1.42. The van der Waals surface area contributed by atoms with Gasteiger partial charge in [0.25, 0.3) is 0 Å². The van der Waals surface area contributed by atoms with Gasteiger partial charge in [0, 0.05) is 40.8 Å². The number of allylic oxidation sites excluding steroid dienone is 2.